The van der Waals surface area contributed by atoms with E-state index >= 15 is 0 Å². The van der Waals surface area contributed by atoms with E-state index in [2.05, 4.69) is 0 Å². The fraction of sp³-hybridized carbons (Fsp3) is 0.500. The number of benzene rings is 1. The van der Waals surface area contributed by atoms with Crippen molar-refractivity contribution in [1.82, 2.24) is 4.90 Å². The Hall–Kier alpha value is -1.46. The van der Waals surface area contributed by atoms with Crippen LogP contribution in [-0.4, -0.2) is 39.8 Å². The van der Waals surface area contributed by atoms with Gasteiger partial charge in [0.05, 0.1) is 6.10 Å². The highest BCUT2D eigenvalue weighted by Gasteiger charge is 2.35. The molecule has 0 radical (unpaired) electrons. The highest BCUT2D eigenvalue weighted by molar-refractivity contribution is 5.74. The van der Waals surface area contributed by atoms with E-state index in [-0.39, 0.29) is 5.82 Å². The fourth-order valence-corrected chi connectivity index (χ4v) is 2.51. The summed E-state index contributed by atoms with van der Waals surface area (Å²) in [5.74, 6) is -1.32. The molecule has 4 nitrogen and oxygen atoms in total. The van der Waals surface area contributed by atoms with Gasteiger partial charge in [0.25, 0.3) is 0 Å². The molecule has 1 aromatic carbocycles. The lowest BCUT2D eigenvalue weighted by Crippen LogP contribution is -2.52. The molecule has 0 aliphatic carbocycles. The van der Waals surface area contributed by atoms with Crippen LogP contribution in [0.1, 0.15) is 24.0 Å². The molecule has 1 aromatic rings. The molecule has 2 unspecified atom stereocenters. The quantitative estimate of drug-likeness (QED) is 0.872. The zero-order chi connectivity index (χ0) is 14.0. The number of aliphatic hydroxyl groups excluding tert-OH is 1. The maximum atomic E-state index is 13.5. The molecule has 2 atom stereocenters. The van der Waals surface area contributed by atoms with E-state index in [0.717, 1.165) is 12.0 Å². The van der Waals surface area contributed by atoms with E-state index in [1.54, 1.807) is 24.0 Å². The minimum absolute atomic E-state index is 0.290. The van der Waals surface area contributed by atoms with Gasteiger partial charge in [-0.2, -0.15) is 0 Å². The lowest BCUT2D eigenvalue weighted by Gasteiger charge is -2.36. The zero-order valence-electron chi connectivity index (χ0n) is 10.8. The summed E-state index contributed by atoms with van der Waals surface area (Å²) in [6.45, 7) is 2.62. The number of likely N-dealkylation sites (tertiary alicyclic amines) is 1. The predicted octanol–water partition coefficient (Wildman–Crippen LogP) is 1.54. The maximum absolute atomic E-state index is 13.5. The Balaban J connectivity index is 2.15. The van der Waals surface area contributed by atoms with Crippen molar-refractivity contribution in [3.05, 3.63) is 35.1 Å². The highest BCUT2D eigenvalue weighted by atomic mass is 19.1. The van der Waals surface area contributed by atoms with E-state index in [9.17, 15) is 19.4 Å². The largest absolute Gasteiger partial charge is 0.480 e. The van der Waals surface area contributed by atoms with Crippen LogP contribution in [0.2, 0.25) is 0 Å². The van der Waals surface area contributed by atoms with Crippen molar-refractivity contribution in [2.75, 3.05) is 6.54 Å². The third kappa shape index (κ3) is 3.11. The van der Waals surface area contributed by atoms with Crippen LogP contribution in [0.4, 0.5) is 4.39 Å². The number of rotatable bonds is 3. The van der Waals surface area contributed by atoms with Crippen molar-refractivity contribution >= 4 is 5.97 Å². The first-order valence-electron chi connectivity index (χ1n) is 6.39. The van der Waals surface area contributed by atoms with E-state index in [4.69, 9.17) is 0 Å². The Bertz CT molecular complexity index is 478. The van der Waals surface area contributed by atoms with Crippen molar-refractivity contribution in [2.24, 2.45) is 0 Å². The lowest BCUT2D eigenvalue weighted by molar-refractivity contribution is -0.150. The topological polar surface area (TPSA) is 60.8 Å². The number of piperidine rings is 1. The van der Waals surface area contributed by atoms with Crippen LogP contribution in [0.15, 0.2) is 18.2 Å². The second kappa shape index (κ2) is 5.67. The van der Waals surface area contributed by atoms with Gasteiger partial charge in [0, 0.05) is 6.54 Å². The number of hydrogen-bond donors (Lipinski definition) is 2. The molecule has 2 rings (SSSR count). The van der Waals surface area contributed by atoms with Gasteiger partial charge in [-0.1, -0.05) is 12.1 Å². The number of halogens is 1. The van der Waals surface area contributed by atoms with E-state index < -0.39 is 18.1 Å². The molecule has 104 valence electrons. The van der Waals surface area contributed by atoms with E-state index in [1.807, 2.05) is 0 Å². The van der Waals surface area contributed by atoms with Crippen molar-refractivity contribution < 1.29 is 19.4 Å². The first-order chi connectivity index (χ1) is 8.99. The molecule has 1 fully saturated rings. The molecular formula is C14H18FNO3. The predicted molar refractivity (Wildman–Crippen MR) is 68.2 cm³/mol. The lowest BCUT2D eigenvalue weighted by atomic mass is 9.98. The molecular weight excluding hydrogens is 249 g/mol. The summed E-state index contributed by atoms with van der Waals surface area (Å²) in [7, 11) is 0. The molecule has 0 amide bonds. The first kappa shape index (κ1) is 14.0. The highest BCUT2D eigenvalue weighted by Crippen LogP contribution is 2.21. The minimum Gasteiger partial charge on any atom is -0.480 e. The standard InChI is InChI=1S/C14H18FNO3/c1-9-4-5-10(7-11(9)15)8-16-6-2-3-12(17)13(16)14(18)19/h4-5,7,12-13,17H,2-3,6,8H2,1H3,(H,18,19). The Kier molecular flexibility index (Phi) is 4.17. The molecule has 1 heterocycles. The normalized spacial score (nSPS) is 24.4. The summed E-state index contributed by atoms with van der Waals surface area (Å²) in [4.78, 5) is 12.9. The third-order valence-corrected chi connectivity index (χ3v) is 3.58. The van der Waals surface area contributed by atoms with Gasteiger partial charge in [0.1, 0.15) is 11.9 Å². The second-order valence-corrected chi connectivity index (χ2v) is 5.05. The van der Waals surface area contributed by atoms with Crippen LogP contribution >= 0.6 is 0 Å². The van der Waals surface area contributed by atoms with Crippen molar-refractivity contribution in [3.63, 3.8) is 0 Å². The van der Waals surface area contributed by atoms with Gasteiger partial charge in [-0.3, -0.25) is 9.69 Å². The molecule has 19 heavy (non-hydrogen) atoms. The number of aryl methyl sites for hydroxylation is 1. The number of hydrogen-bond acceptors (Lipinski definition) is 3. The molecule has 0 spiro atoms. The van der Waals surface area contributed by atoms with Crippen LogP contribution < -0.4 is 0 Å². The molecule has 2 N–H and O–H groups in total. The average molecular weight is 267 g/mol. The zero-order valence-corrected chi connectivity index (χ0v) is 10.8. The van der Waals surface area contributed by atoms with Gasteiger partial charge in [0.15, 0.2) is 0 Å². The monoisotopic (exact) mass is 267 g/mol. The van der Waals surface area contributed by atoms with E-state index in [1.165, 1.54) is 6.07 Å². The van der Waals surface area contributed by atoms with Gasteiger partial charge >= 0.3 is 5.97 Å². The Morgan fingerprint density at radius 1 is 1.53 bits per heavy atom. The molecule has 0 aromatic heterocycles. The van der Waals surface area contributed by atoms with Crippen molar-refractivity contribution in [3.8, 4) is 0 Å². The maximum Gasteiger partial charge on any atom is 0.323 e. The van der Waals surface area contributed by atoms with Gasteiger partial charge in [-0.25, -0.2) is 4.39 Å². The molecule has 1 aliphatic heterocycles. The number of carbonyl (C=O) groups is 1. The molecule has 1 saturated heterocycles. The molecule has 0 bridgehead atoms. The molecule has 1 aliphatic rings. The summed E-state index contributed by atoms with van der Waals surface area (Å²) >= 11 is 0. The number of aliphatic hydroxyl groups is 1. The first-order valence-corrected chi connectivity index (χ1v) is 6.39. The van der Waals surface area contributed by atoms with Gasteiger partial charge in [-0.05, 0) is 43.5 Å². The van der Waals surface area contributed by atoms with Crippen LogP contribution in [-0.2, 0) is 11.3 Å². The minimum atomic E-state index is -1.03. The number of aliphatic carboxylic acids is 1. The smallest absolute Gasteiger partial charge is 0.323 e. The average Bonchev–Trinajstić information content (AvgIpc) is 2.33. The van der Waals surface area contributed by atoms with Crippen LogP contribution in [0.25, 0.3) is 0 Å². The third-order valence-electron chi connectivity index (χ3n) is 3.58. The van der Waals surface area contributed by atoms with Crippen molar-refractivity contribution in [2.45, 2.75) is 38.5 Å². The summed E-state index contributed by atoms with van der Waals surface area (Å²) in [6, 6.07) is 3.99. The summed E-state index contributed by atoms with van der Waals surface area (Å²) in [6.07, 6.45) is 0.385. The van der Waals surface area contributed by atoms with Crippen molar-refractivity contribution in [1.29, 1.82) is 0 Å². The Morgan fingerprint density at radius 3 is 2.89 bits per heavy atom. The van der Waals surface area contributed by atoms with Gasteiger partial charge < -0.3 is 10.2 Å². The summed E-state index contributed by atoms with van der Waals surface area (Å²) < 4.78 is 13.5. The van der Waals surface area contributed by atoms with Crippen LogP contribution in [0, 0.1) is 12.7 Å². The Morgan fingerprint density at radius 2 is 2.26 bits per heavy atom. The van der Waals surface area contributed by atoms with Gasteiger partial charge in [-0.15, -0.1) is 0 Å². The van der Waals surface area contributed by atoms with E-state index in [0.29, 0.717) is 25.1 Å². The SMILES string of the molecule is Cc1ccc(CN2CCCC(O)C2C(=O)O)cc1F. The number of carboxylic acid groups (broad SMARTS) is 1. The second-order valence-electron chi connectivity index (χ2n) is 5.05. The fourth-order valence-electron chi connectivity index (χ4n) is 2.51. The molecule has 0 saturated carbocycles. The van der Waals surface area contributed by atoms with Crippen LogP contribution in [0.5, 0.6) is 0 Å². The Labute approximate surface area is 111 Å². The number of nitrogens with zero attached hydrogens (tertiary/aromatic N) is 1. The number of carboxylic acids is 1. The van der Waals surface area contributed by atoms with Gasteiger partial charge in [0.2, 0.25) is 0 Å². The summed E-state index contributed by atoms with van der Waals surface area (Å²) in [5, 5.41) is 19.0. The van der Waals surface area contributed by atoms with Crippen LogP contribution in [0.3, 0.4) is 0 Å². The summed E-state index contributed by atoms with van der Waals surface area (Å²) in [5.41, 5.74) is 1.29. The molecule has 5 heteroatoms.